The number of hydrogen-bond acceptors (Lipinski definition) is 5. The van der Waals surface area contributed by atoms with E-state index in [1.807, 2.05) is 18.2 Å². The number of Topliss-reactive ketones (excluding diaryl/α,β-unsaturated/α-hetero) is 1. The normalized spacial score (nSPS) is 17.3. The lowest BCUT2D eigenvalue weighted by Crippen LogP contribution is -2.38. The third kappa shape index (κ3) is 4.28. The molecule has 0 N–H and O–H groups in total. The zero-order chi connectivity index (χ0) is 19.3. The van der Waals surface area contributed by atoms with Crippen molar-refractivity contribution in [2.75, 3.05) is 39.5 Å². The van der Waals surface area contributed by atoms with Gasteiger partial charge in [-0.25, -0.2) is 4.39 Å². The summed E-state index contributed by atoms with van der Waals surface area (Å²) in [5.74, 6) is 1.92. The van der Waals surface area contributed by atoms with E-state index in [1.54, 1.807) is 12.1 Å². The van der Waals surface area contributed by atoms with E-state index < -0.39 is 0 Å². The van der Waals surface area contributed by atoms with Gasteiger partial charge in [-0.3, -0.25) is 9.69 Å². The van der Waals surface area contributed by atoms with E-state index in [-0.39, 0.29) is 17.5 Å². The summed E-state index contributed by atoms with van der Waals surface area (Å²) >= 11 is 0. The molecule has 0 amide bonds. The average Bonchev–Trinajstić information content (AvgIpc) is 2.74. The van der Waals surface area contributed by atoms with Crippen LogP contribution < -0.4 is 14.2 Å². The molecule has 2 aliphatic heterocycles. The maximum absolute atomic E-state index is 13.0. The summed E-state index contributed by atoms with van der Waals surface area (Å²) in [7, 11) is 0. The van der Waals surface area contributed by atoms with Crippen LogP contribution in [-0.4, -0.2) is 50.1 Å². The Morgan fingerprint density at radius 3 is 2.61 bits per heavy atom. The number of carbonyl (C=O) groups is 1. The highest BCUT2D eigenvalue weighted by Crippen LogP contribution is 2.38. The van der Waals surface area contributed by atoms with Gasteiger partial charge in [0.1, 0.15) is 25.6 Å². The Labute approximate surface area is 164 Å². The lowest BCUT2D eigenvalue weighted by Gasteiger charge is -2.31. The van der Waals surface area contributed by atoms with Crippen molar-refractivity contribution in [3.05, 3.63) is 53.8 Å². The Morgan fingerprint density at radius 2 is 1.82 bits per heavy atom. The van der Waals surface area contributed by atoms with Gasteiger partial charge < -0.3 is 14.2 Å². The molecule has 0 spiro atoms. The standard InChI is InChI=1S/C22H24FNO4/c23-18-6-4-16(5-7-18)21(25)17-8-10-24(11-9-17)12-13-26-19-2-1-3-20-22(19)28-15-14-27-20/h1-7,17H,8-15H2. The van der Waals surface area contributed by atoms with Crippen molar-refractivity contribution >= 4 is 5.78 Å². The first kappa shape index (κ1) is 18.7. The Balaban J connectivity index is 1.24. The fraction of sp³-hybridized carbons (Fsp3) is 0.409. The van der Waals surface area contributed by atoms with E-state index in [2.05, 4.69) is 4.90 Å². The molecule has 0 unspecified atom stereocenters. The third-order valence-corrected chi connectivity index (χ3v) is 5.28. The SMILES string of the molecule is O=C(c1ccc(F)cc1)C1CCN(CCOc2cccc3c2OCCO3)CC1. The number of halogens is 1. The number of nitrogens with zero attached hydrogens (tertiary/aromatic N) is 1. The smallest absolute Gasteiger partial charge is 0.203 e. The Bertz CT molecular complexity index is 816. The van der Waals surface area contributed by atoms with Gasteiger partial charge in [0, 0.05) is 18.0 Å². The molecule has 6 heteroatoms. The molecule has 0 radical (unpaired) electrons. The van der Waals surface area contributed by atoms with Gasteiger partial charge in [-0.1, -0.05) is 6.07 Å². The van der Waals surface area contributed by atoms with Crippen LogP contribution in [-0.2, 0) is 0 Å². The number of hydrogen-bond donors (Lipinski definition) is 0. The summed E-state index contributed by atoms with van der Waals surface area (Å²) in [6.07, 6.45) is 1.63. The van der Waals surface area contributed by atoms with Crippen molar-refractivity contribution in [1.29, 1.82) is 0 Å². The molecule has 2 heterocycles. The maximum atomic E-state index is 13.0. The molecule has 4 rings (SSSR count). The summed E-state index contributed by atoms with van der Waals surface area (Å²) in [5.41, 5.74) is 0.597. The zero-order valence-electron chi connectivity index (χ0n) is 15.7. The summed E-state index contributed by atoms with van der Waals surface area (Å²) < 4.78 is 30.2. The van der Waals surface area contributed by atoms with Gasteiger partial charge in [0.15, 0.2) is 17.3 Å². The minimum Gasteiger partial charge on any atom is -0.488 e. The topological polar surface area (TPSA) is 48.0 Å². The first-order valence-electron chi connectivity index (χ1n) is 9.74. The molecule has 2 aliphatic rings. The second kappa shape index (κ2) is 8.61. The number of carbonyl (C=O) groups excluding carboxylic acids is 1. The number of fused-ring (bicyclic) bond motifs is 1. The molecule has 2 aromatic rings. The Kier molecular flexibility index (Phi) is 5.76. The van der Waals surface area contributed by atoms with E-state index in [0.29, 0.717) is 36.9 Å². The largest absolute Gasteiger partial charge is 0.488 e. The molecular weight excluding hydrogens is 361 g/mol. The van der Waals surface area contributed by atoms with Gasteiger partial charge in [-0.2, -0.15) is 0 Å². The van der Waals surface area contributed by atoms with Crippen LogP contribution in [0.25, 0.3) is 0 Å². The molecule has 2 aromatic carbocycles. The van der Waals surface area contributed by atoms with Gasteiger partial charge >= 0.3 is 0 Å². The van der Waals surface area contributed by atoms with E-state index in [1.165, 1.54) is 12.1 Å². The van der Waals surface area contributed by atoms with Gasteiger partial charge in [0.2, 0.25) is 5.75 Å². The quantitative estimate of drug-likeness (QED) is 0.712. The summed E-state index contributed by atoms with van der Waals surface area (Å²) in [6, 6.07) is 11.5. The number of likely N-dealkylation sites (tertiary alicyclic amines) is 1. The van der Waals surface area contributed by atoms with E-state index in [4.69, 9.17) is 14.2 Å². The maximum Gasteiger partial charge on any atom is 0.203 e. The molecule has 0 saturated carbocycles. The van der Waals surface area contributed by atoms with Gasteiger partial charge in [0.25, 0.3) is 0 Å². The van der Waals surface area contributed by atoms with Crippen molar-refractivity contribution < 1.29 is 23.4 Å². The van der Waals surface area contributed by atoms with Crippen LogP contribution in [0, 0.1) is 11.7 Å². The van der Waals surface area contributed by atoms with Crippen molar-refractivity contribution in [2.45, 2.75) is 12.8 Å². The second-order valence-corrected chi connectivity index (χ2v) is 7.12. The van der Waals surface area contributed by atoms with Crippen LogP contribution in [0.15, 0.2) is 42.5 Å². The van der Waals surface area contributed by atoms with Gasteiger partial charge in [-0.05, 0) is 62.3 Å². The lowest BCUT2D eigenvalue weighted by atomic mass is 9.89. The number of ether oxygens (including phenoxy) is 3. The minimum absolute atomic E-state index is 0.00863. The molecule has 28 heavy (non-hydrogen) atoms. The van der Waals surface area contributed by atoms with Crippen molar-refractivity contribution in [2.24, 2.45) is 5.92 Å². The summed E-state index contributed by atoms with van der Waals surface area (Å²) in [6.45, 7) is 4.14. The second-order valence-electron chi connectivity index (χ2n) is 7.12. The Hall–Kier alpha value is -2.60. The van der Waals surface area contributed by atoms with Crippen molar-refractivity contribution in [3.8, 4) is 17.2 Å². The molecule has 5 nitrogen and oxygen atoms in total. The molecule has 0 aromatic heterocycles. The monoisotopic (exact) mass is 385 g/mol. The average molecular weight is 385 g/mol. The van der Waals surface area contributed by atoms with Crippen LogP contribution in [0.1, 0.15) is 23.2 Å². The number of para-hydroxylation sites is 1. The number of piperidine rings is 1. The minimum atomic E-state index is -0.317. The highest BCUT2D eigenvalue weighted by atomic mass is 19.1. The Morgan fingerprint density at radius 1 is 1.07 bits per heavy atom. The molecular formula is C22H24FNO4. The fourth-order valence-corrected chi connectivity index (χ4v) is 3.71. The molecule has 1 saturated heterocycles. The van der Waals surface area contributed by atoms with E-state index in [9.17, 15) is 9.18 Å². The first-order valence-corrected chi connectivity index (χ1v) is 9.74. The van der Waals surface area contributed by atoms with Crippen LogP contribution in [0.4, 0.5) is 4.39 Å². The third-order valence-electron chi connectivity index (χ3n) is 5.28. The predicted molar refractivity (Wildman–Crippen MR) is 103 cm³/mol. The predicted octanol–water partition coefficient (Wildman–Crippen LogP) is 3.57. The lowest BCUT2D eigenvalue weighted by molar-refractivity contribution is 0.0826. The highest BCUT2D eigenvalue weighted by Gasteiger charge is 2.26. The van der Waals surface area contributed by atoms with Crippen LogP contribution in [0.3, 0.4) is 0 Å². The first-order chi connectivity index (χ1) is 13.7. The number of ketones is 1. The molecule has 148 valence electrons. The number of benzene rings is 2. The van der Waals surface area contributed by atoms with Crippen LogP contribution >= 0.6 is 0 Å². The van der Waals surface area contributed by atoms with E-state index in [0.717, 1.165) is 38.2 Å². The van der Waals surface area contributed by atoms with Gasteiger partial charge in [0.05, 0.1) is 0 Å². The van der Waals surface area contributed by atoms with Crippen LogP contribution in [0.2, 0.25) is 0 Å². The summed E-state index contributed by atoms with van der Waals surface area (Å²) in [5, 5.41) is 0. The van der Waals surface area contributed by atoms with E-state index >= 15 is 0 Å². The summed E-state index contributed by atoms with van der Waals surface area (Å²) in [4.78, 5) is 14.9. The van der Waals surface area contributed by atoms with Crippen molar-refractivity contribution in [3.63, 3.8) is 0 Å². The fourth-order valence-electron chi connectivity index (χ4n) is 3.71. The molecule has 0 atom stereocenters. The molecule has 0 aliphatic carbocycles. The molecule has 0 bridgehead atoms. The van der Waals surface area contributed by atoms with Gasteiger partial charge in [-0.15, -0.1) is 0 Å². The highest BCUT2D eigenvalue weighted by molar-refractivity contribution is 5.97. The molecule has 1 fully saturated rings. The number of rotatable bonds is 6. The zero-order valence-corrected chi connectivity index (χ0v) is 15.7. The van der Waals surface area contributed by atoms with Crippen molar-refractivity contribution in [1.82, 2.24) is 4.90 Å². The van der Waals surface area contributed by atoms with Crippen LogP contribution in [0.5, 0.6) is 17.2 Å².